The molecule has 1 saturated heterocycles. The number of hydrogen-bond acceptors (Lipinski definition) is 3. The predicted molar refractivity (Wildman–Crippen MR) is 70.4 cm³/mol. The Hall–Kier alpha value is -1.39. The van der Waals surface area contributed by atoms with Gasteiger partial charge in [0.25, 0.3) is 0 Å². The normalized spacial score (nSPS) is 19.4. The zero-order valence-corrected chi connectivity index (χ0v) is 10.5. The Bertz CT molecular complexity index is 361. The fraction of sp³-hybridized carbons (Fsp3) is 0.500. The summed E-state index contributed by atoms with van der Waals surface area (Å²) in [5.74, 6) is 0.0691. The molecule has 1 aliphatic heterocycles. The molecule has 0 saturated carbocycles. The molecule has 0 radical (unpaired) electrons. The van der Waals surface area contributed by atoms with Crippen LogP contribution in [0.2, 0.25) is 0 Å². The molecule has 1 heterocycles. The molecule has 1 aliphatic rings. The minimum Gasteiger partial charge on any atom is -0.375 e. The van der Waals surface area contributed by atoms with Crippen LogP contribution in [0.5, 0.6) is 0 Å². The second kappa shape index (κ2) is 7.13. The monoisotopic (exact) mass is 248 g/mol. The highest BCUT2D eigenvalue weighted by atomic mass is 16.5. The van der Waals surface area contributed by atoms with Crippen molar-refractivity contribution in [2.45, 2.75) is 18.9 Å². The van der Waals surface area contributed by atoms with E-state index in [2.05, 4.69) is 22.8 Å². The molecule has 2 rings (SSSR count). The molecule has 1 aromatic carbocycles. The smallest absolute Gasteiger partial charge is 0.222 e. The summed E-state index contributed by atoms with van der Waals surface area (Å²) in [5.41, 5.74) is 1.24. The van der Waals surface area contributed by atoms with Crippen LogP contribution in [0, 0.1) is 0 Å². The van der Waals surface area contributed by atoms with E-state index >= 15 is 0 Å². The molecule has 0 aromatic heterocycles. The zero-order chi connectivity index (χ0) is 12.6. The van der Waals surface area contributed by atoms with E-state index in [1.54, 1.807) is 0 Å². The lowest BCUT2D eigenvalue weighted by Crippen LogP contribution is -2.41. The Kier molecular flexibility index (Phi) is 5.17. The highest BCUT2D eigenvalue weighted by Gasteiger charge is 2.16. The molecule has 2 N–H and O–H groups in total. The number of amides is 1. The number of ether oxygens (including phenoxy) is 1. The van der Waals surface area contributed by atoms with Crippen LogP contribution < -0.4 is 10.6 Å². The summed E-state index contributed by atoms with van der Waals surface area (Å²) in [6.45, 7) is 3.03. The first kappa shape index (κ1) is 13.1. The van der Waals surface area contributed by atoms with Gasteiger partial charge >= 0.3 is 0 Å². The van der Waals surface area contributed by atoms with Crippen LogP contribution in [-0.4, -0.2) is 38.3 Å². The summed E-state index contributed by atoms with van der Waals surface area (Å²) < 4.78 is 5.49. The molecular weight excluding hydrogens is 228 g/mol. The van der Waals surface area contributed by atoms with Gasteiger partial charge in [-0.05, 0) is 12.0 Å². The van der Waals surface area contributed by atoms with Crippen molar-refractivity contribution >= 4 is 5.91 Å². The average molecular weight is 248 g/mol. The fourth-order valence-electron chi connectivity index (χ4n) is 2.02. The van der Waals surface area contributed by atoms with Gasteiger partial charge in [-0.1, -0.05) is 30.3 Å². The Labute approximate surface area is 108 Å². The van der Waals surface area contributed by atoms with E-state index in [1.807, 2.05) is 18.2 Å². The third kappa shape index (κ3) is 4.47. The molecule has 4 nitrogen and oxygen atoms in total. The van der Waals surface area contributed by atoms with E-state index in [0.717, 1.165) is 19.5 Å². The molecule has 0 bridgehead atoms. The van der Waals surface area contributed by atoms with Gasteiger partial charge in [-0.15, -0.1) is 0 Å². The lowest BCUT2D eigenvalue weighted by atomic mass is 10.1. The summed E-state index contributed by atoms with van der Waals surface area (Å²) in [6, 6.07) is 10.2. The zero-order valence-electron chi connectivity index (χ0n) is 10.5. The third-order valence-electron chi connectivity index (χ3n) is 3.00. The largest absolute Gasteiger partial charge is 0.375 e. The summed E-state index contributed by atoms with van der Waals surface area (Å²) >= 11 is 0. The SMILES string of the molecule is O=C(CC1CNCCO1)NCCc1ccccc1. The van der Waals surface area contributed by atoms with Crippen LogP contribution in [0.1, 0.15) is 12.0 Å². The van der Waals surface area contributed by atoms with Crippen molar-refractivity contribution in [3.8, 4) is 0 Å². The van der Waals surface area contributed by atoms with Gasteiger partial charge in [0.15, 0.2) is 0 Å². The van der Waals surface area contributed by atoms with Gasteiger partial charge in [-0.25, -0.2) is 0 Å². The quantitative estimate of drug-likeness (QED) is 0.807. The van der Waals surface area contributed by atoms with Crippen LogP contribution in [0.25, 0.3) is 0 Å². The maximum absolute atomic E-state index is 11.7. The molecular formula is C14H20N2O2. The van der Waals surface area contributed by atoms with Crippen molar-refractivity contribution in [1.29, 1.82) is 0 Å². The minimum atomic E-state index is 0.0236. The van der Waals surface area contributed by atoms with E-state index in [4.69, 9.17) is 4.74 Å². The van der Waals surface area contributed by atoms with Crippen molar-refractivity contribution in [2.24, 2.45) is 0 Å². The standard InChI is InChI=1S/C14H20N2O2/c17-14(10-13-11-15-8-9-18-13)16-7-6-12-4-2-1-3-5-12/h1-5,13,15H,6-11H2,(H,16,17). The van der Waals surface area contributed by atoms with Gasteiger partial charge in [0.05, 0.1) is 19.1 Å². The van der Waals surface area contributed by atoms with Gasteiger partial charge in [-0.2, -0.15) is 0 Å². The minimum absolute atomic E-state index is 0.0236. The van der Waals surface area contributed by atoms with Crippen molar-refractivity contribution in [3.05, 3.63) is 35.9 Å². The van der Waals surface area contributed by atoms with Gasteiger partial charge in [0, 0.05) is 19.6 Å². The van der Waals surface area contributed by atoms with Crippen LogP contribution in [0.15, 0.2) is 30.3 Å². The number of carbonyl (C=O) groups excluding carboxylic acids is 1. The van der Waals surface area contributed by atoms with Crippen molar-refractivity contribution < 1.29 is 9.53 Å². The molecule has 1 amide bonds. The molecule has 18 heavy (non-hydrogen) atoms. The lowest BCUT2D eigenvalue weighted by molar-refractivity contribution is -0.124. The van der Waals surface area contributed by atoms with Gasteiger partial charge in [0.1, 0.15) is 0 Å². The highest BCUT2D eigenvalue weighted by Crippen LogP contribution is 2.02. The molecule has 0 aliphatic carbocycles. The van der Waals surface area contributed by atoms with Crippen LogP contribution in [0.4, 0.5) is 0 Å². The number of carbonyl (C=O) groups is 1. The van der Waals surface area contributed by atoms with E-state index < -0.39 is 0 Å². The second-order valence-corrected chi connectivity index (χ2v) is 4.49. The topological polar surface area (TPSA) is 50.4 Å². The highest BCUT2D eigenvalue weighted by molar-refractivity contribution is 5.76. The first-order valence-electron chi connectivity index (χ1n) is 6.47. The van der Waals surface area contributed by atoms with E-state index in [1.165, 1.54) is 5.56 Å². The first-order chi connectivity index (χ1) is 8.84. The summed E-state index contributed by atoms with van der Waals surface area (Å²) in [7, 11) is 0. The Balaban J connectivity index is 1.62. The summed E-state index contributed by atoms with van der Waals surface area (Å²) in [6.07, 6.45) is 1.34. The Morgan fingerprint density at radius 3 is 2.94 bits per heavy atom. The van der Waals surface area contributed by atoms with Crippen LogP contribution in [-0.2, 0) is 16.0 Å². The van der Waals surface area contributed by atoms with Gasteiger partial charge < -0.3 is 15.4 Å². The van der Waals surface area contributed by atoms with E-state index in [-0.39, 0.29) is 12.0 Å². The van der Waals surface area contributed by atoms with Crippen molar-refractivity contribution in [1.82, 2.24) is 10.6 Å². The number of morpholine rings is 1. The van der Waals surface area contributed by atoms with E-state index in [9.17, 15) is 4.79 Å². The predicted octanol–water partition coefficient (Wildman–Crippen LogP) is 0.724. The first-order valence-corrected chi connectivity index (χ1v) is 6.47. The van der Waals surface area contributed by atoms with Gasteiger partial charge in [-0.3, -0.25) is 4.79 Å². The number of nitrogens with one attached hydrogen (secondary N) is 2. The second-order valence-electron chi connectivity index (χ2n) is 4.49. The lowest BCUT2D eigenvalue weighted by Gasteiger charge is -2.23. The van der Waals surface area contributed by atoms with Crippen molar-refractivity contribution in [3.63, 3.8) is 0 Å². The van der Waals surface area contributed by atoms with Crippen LogP contribution >= 0.6 is 0 Å². The molecule has 1 fully saturated rings. The van der Waals surface area contributed by atoms with Gasteiger partial charge in [0.2, 0.25) is 5.91 Å². The molecule has 0 spiro atoms. The maximum atomic E-state index is 11.7. The Morgan fingerprint density at radius 1 is 1.39 bits per heavy atom. The summed E-state index contributed by atoms with van der Waals surface area (Å²) in [4.78, 5) is 11.7. The molecule has 1 aromatic rings. The molecule has 1 unspecified atom stereocenters. The van der Waals surface area contributed by atoms with Crippen molar-refractivity contribution in [2.75, 3.05) is 26.2 Å². The summed E-state index contributed by atoms with van der Waals surface area (Å²) in [5, 5.41) is 6.15. The van der Waals surface area contributed by atoms with E-state index in [0.29, 0.717) is 19.6 Å². The third-order valence-corrected chi connectivity index (χ3v) is 3.00. The van der Waals surface area contributed by atoms with Crippen LogP contribution in [0.3, 0.4) is 0 Å². The number of rotatable bonds is 5. The number of hydrogen-bond donors (Lipinski definition) is 2. The molecule has 4 heteroatoms. The Morgan fingerprint density at radius 2 is 2.22 bits per heavy atom. The maximum Gasteiger partial charge on any atom is 0.222 e. The number of benzene rings is 1. The molecule has 98 valence electrons. The fourth-order valence-corrected chi connectivity index (χ4v) is 2.02. The molecule has 1 atom stereocenters. The average Bonchev–Trinajstić information content (AvgIpc) is 2.41.